The standard InChI is InChI=1S/C21H21F3N2OS/c22-21(23,24)14-10-11-16-17-8-4-5-9-19(17)28-26(18(16)12-14)13-20(27)25-15-6-2-1-3-7-15/h4-5,8-12,15H,1-3,6-7,13H2,(H,25,27). The second-order valence-electron chi connectivity index (χ2n) is 7.26. The topological polar surface area (TPSA) is 32.3 Å². The van der Waals surface area contributed by atoms with Crippen LogP contribution in [-0.4, -0.2) is 18.5 Å². The number of halogens is 3. The van der Waals surface area contributed by atoms with Crippen molar-refractivity contribution in [2.24, 2.45) is 0 Å². The van der Waals surface area contributed by atoms with Crippen LogP contribution >= 0.6 is 11.9 Å². The van der Waals surface area contributed by atoms with Crippen molar-refractivity contribution in [1.82, 2.24) is 5.32 Å². The molecule has 1 aliphatic heterocycles. The van der Waals surface area contributed by atoms with Crippen LogP contribution in [0.25, 0.3) is 11.1 Å². The van der Waals surface area contributed by atoms with Gasteiger partial charge in [0.1, 0.15) is 6.54 Å². The minimum absolute atomic E-state index is 0.0177. The Morgan fingerprint density at radius 2 is 1.82 bits per heavy atom. The highest BCUT2D eigenvalue weighted by molar-refractivity contribution is 8.01. The van der Waals surface area contributed by atoms with Gasteiger partial charge in [-0.15, -0.1) is 0 Å². The van der Waals surface area contributed by atoms with Crippen LogP contribution in [0.5, 0.6) is 0 Å². The van der Waals surface area contributed by atoms with Gasteiger partial charge in [-0.25, -0.2) is 0 Å². The van der Waals surface area contributed by atoms with Crippen molar-refractivity contribution in [3.05, 3.63) is 48.0 Å². The van der Waals surface area contributed by atoms with Gasteiger partial charge in [0.25, 0.3) is 0 Å². The fraction of sp³-hybridized carbons (Fsp3) is 0.381. The van der Waals surface area contributed by atoms with E-state index in [4.69, 9.17) is 0 Å². The lowest BCUT2D eigenvalue weighted by Crippen LogP contribution is -2.41. The molecule has 4 rings (SSSR count). The number of fused-ring (bicyclic) bond motifs is 3. The fourth-order valence-electron chi connectivity index (χ4n) is 3.85. The third-order valence-corrected chi connectivity index (χ3v) is 6.34. The van der Waals surface area contributed by atoms with Gasteiger partial charge in [-0.1, -0.05) is 43.5 Å². The third kappa shape index (κ3) is 3.99. The Morgan fingerprint density at radius 3 is 2.57 bits per heavy atom. The van der Waals surface area contributed by atoms with E-state index in [1.54, 1.807) is 4.31 Å². The summed E-state index contributed by atoms with van der Waals surface area (Å²) in [6.45, 7) is 0.0177. The quantitative estimate of drug-likeness (QED) is 0.669. The highest BCUT2D eigenvalue weighted by Crippen LogP contribution is 2.47. The summed E-state index contributed by atoms with van der Waals surface area (Å²) in [5.41, 5.74) is 1.33. The Morgan fingerprint density at radius 1 is 1.07 bits per heavy atom. The van der Waals surface area contributed by atoms with Crippen molar-refractivity contribution in [3.63, 3.8) is 0 Å². The van der Waals surface area contributed by atoms with Crippen LogP contribution in [0, 0.1) is 0 Å². The second-order valence-corrected chi connectivity index (χ2v) is 8.32. The van der Waals surface area contributed by atoms with Gasteiger partial charge in [0.15, 0.2) is 0 Å². The van der Waals surface area contributed by atoms with Gasteiger partial charge in [0.2, 0.25) is 5.91 Å². The number of alkyl halides is 3. The van der Waals surface area contributed by atoms with Crippen molar-refractivity contribution < 1.29 is 18.0 Å². The van der Waals surface area contributed by atoms with Crippen molar-refractivity contribution in [3.8, 4) is 11.1 Å². The molecule has 1 amide bonds. The largest absolute Gasteiger partial charge is 0.416 e. The highest BCUT2D eigenvalue weighted by Gasteiger charge is 2.33. The van der Waals surface area contributed by atoms with E-state index < -0.39 is 11.7 Å². The maximum Gasteiger partial charge on any atom is 0.416 e. The first-order valence-electron chi connectivity index (χ1n) is 9.47. The maximum absolute atomic E-state index is 13.2. The number of benzene rings is 2. The number of carbonyl (C=O) groups excluding carboxylic acids is 1. The molecule has 28 heavy (non-hydrogen) atoms. The number of anilines is 1. The van der Waals surface area contributed by atoms with Gasteiger partial charge in [0, 0.05) is 16.5 Å². The molecule has 1 heterocycles. The van der Waals surface area contributed by atoms with Crippen LogP contribution in [-0.2, 0) is 11.0 Å². The zero-order chi connectivity index (χ0) is 19.7. The molecule has 148 valence electrons. The molecule has 1 aliphatic carbocycles. The number of rotatable bonds is 3. The van der Waals surface area contributed by atoms with Crippen molar-refractivity contribution in [2.75, 3.05) is 10.8 Å². The number of nitrogens with one attached hydrogen (secondary N) is 1. The Balaban J connectivity index is 1.62. The fourth-order valence-corrected chi connectivity index (χ4v) is 4.93. The molecule has 7 heteroatoms. The molecular weight excluding hydrogens is 385 g/mol. The van der Waals surface area contributed by atoms with Crippen LogP contribution in [0.4, 0.5) is 18.9 Å². The molecule has 2 aromatic rings. The Bertz CT molecular complexity index is 878. The van der Waals surface area contributed by atoms with Gasteiger partial charge in [-0.05, 0) is 48.6 Å². The molecule has 0 unspecified atom stereocenters. The average molecular weight is 406 g/mol. The molecule has 2 aromatic carbocycles. The maximum atomic E-state index is 13.2. The summed E-state index contributed by atoms with van der Waals surface area (Å²) in [5.74, 6) is -0.151. The molecule has 3 nitrogen and oxygen atoms in total. The molecule has 0 saturated heterocycles. The Kier molecular flexibility index (Phi) is 5.27. The van der Waals surface area contributed by atoms with E-state index in [1.165, 1.54) is 24.4 Å². The molecule has 0 spiro atoms. The van der Waals surface area contributed by atoms with E-state index in [1.807, 2.05) is 24.3 Å². The van der Waals surface area contributed by atoms with E-state index in [0.717, 1.165) is 48.3 Å². The lowest BCUT2D eigenvalue weighted by atomic mass is 9.95. The predicted molar refractivity (Wildman–Crippen MR) is 105 cm³/mol. The molecular formula is C21H21F3N2OS. The summed E-state index contributed by atoms with van der Waals surface area (Å²) in [6.07, 6.45) is 0.918. The smallest absolute Gasteiger partial charge is 0.352 e. The number of hydrogen-bond donors (Lipinski definition) is 1. The van der Waals surface area contributed by atoms with Gasteiger partial charge in [-0.3, -0.25) is 4.79 Å². The first-order valence-corrected chi connectivity index (χ1v) is 10.2. The molecule has 0 bridgehead atoms. The Hall–Kier alpha value is -2.15. The summed E-state index contributed by atoms with van der Waals surface area (Å²) >= 11 is 1.31. The first-order chi connectivity index (χ1) is 13.4. The lowest BCUT2D eigenvalue weighted by Gasteiger charge is -2.32. The van der Waals surface area contributed by atoms with E-state index in [2.05, 4.69) is 5.32 Å². The summed E-state index contributed by atoms with van der Waals surface area (Å²) in [7, 11) is 0. The first kappa shape index (κ1) is 19.2. The van der Waals surface area contributed by atoms with Gasteiger partial charge >= 0.3 is 6.18 Å². The summed E-state index contributed by atoms with van der Waals surface area (Å²) in [4.78, 5) is 13.5. The molecule has 1 N–H and O–H groups in total. The zero-order valence-corrected chi connectivity index (χ0v) is 16.1. The van der Waals surface area contributed by atoms with Crippen molar-refractivity contribution >= 4 is 23.5 Å². The van der Waals surface area contributed by atoms with E-state index in [9.17, 15) is 18.0 Å². The normalized spacial score (nSPS) is 17.0. The number of nitrogens with zero attached hydrogens (tertiary/aromatic N) is 1. The van der Waals surface area contributed by atoms with Crippen molar-refractivity contribution in [2.45, 2.75) is 49.2 Å². The predicted octanol–water partition coefficient (Wildman–Crippen LogP) is 5.65. The van der Waals surface area contributed by atoms with Crippen LogP contribution in [0.2, 0.25) is 0 Å². The van der Waals surface area contributed by atoms with Crippen LogP contribution in [0.3, 0.4) is 0 Å². The van der Waals surface area contributed by atoms with Crippen LogP contribution in [0.1, 0.15) is 37.7 Å². The lowest BCUT2D eigenvalue weighted by molar-refractivity contribution is -0.137. The monoisotopic (exact) mass is 406 g/mol. The van der Waals surface area contributed by atoms with Crippen LogP contribution in [0.15, 0.2) is 47.4 Å². The molecule has 1 fully saturated rings. The van der Waals surface area contributed by atoms with Gasteiger partial charge in [0.05, 0.1) is 11.3 Å². The molecule has 0 atom stereocenters. The van der Waals surface area contributed by atoms with E-state index in [-0.39, 0.29) is 18.5 Å². The number of carbonyl (C=O) groups is 1. The van der Waals surface area contributed by atoms with E-state index >= 15 is 0 Å². The molecule has 1 saturated carbocycles. The van der Waals surface area contributed by atoms with Gasteiger partial charge in [-0.2, -0.15) is 13.2 Å². The van der Waals surface area contributed by atoms with Crippen LogP contribution < -0.4 is 9.62 Å². The second kappa shape index (κ2) is 7.70. The summed E-state index contributed by atoms with van der Waals surface area (Å²) < 4.78 is 41.4. The minimum Gasteiger partial charge on any atom is -0.352 e. The molecule has 0 aromatic heterocycles. The summed E-state index contributed by atoms with van der Waals surface area (Å²) in [6, 6.07) is 11.5. The summed E-state index contributed by atoms with van der Waals surface area (Å²) in [5, 5.41) is 3.05. The molecule has 2 aliphatic rings. The number of amides is 1. The average Bonchev–Trinajstić information content (AvgIpc) is 2.68. The third-order valence-electron chi connectivity index (χ3n) is 5.24. The number of hydrogen-bond acceptors (Lipinski definition) is 3. The zero-order valence-electron chi connectivity index (χ0n) is 15.3. The minimum atomic E-state index is -4.42. The highest BCUT2D eigenvalue weighted by atomic mass is 32.2. The molecule has 0 radical (unpaired) electrons. The van der Waals surface area contributed by atoms with Gasteiger partial charge < -0.3 is 9.62 Å². The van der Waals surface area contributed by atoms with E-state index in [0.29, 0.717) is 11.3 Å². The Labute approximate surface area is 166 Å². The van der Waals surface area contributed by atoms with Crippen molar-refractivity contribution in [1.29, 1.82) is 0 Å². The SMILES string of the molecule is O=C(CN1Sc2ccccc2-c2ccc(C(F)(F)F)cc21)NC1CCCCC1.